The molecule has 1 aliphatic rings. The van der Waals surface area contributed by atoms with Gasteiger partial charge in [-0.15, -0.1) is 0 Å². The average Bonchev–Trinajstić information content (AvgIpc) is 2.84. The van der Waals surface area contributed by atoms with Crippen LogP contribution in [0, 0.1) is 5.82 Å². The summed E-state index contributed by atoms with van der Waals surface area (Å²) in [6.07, 6.45) is 1.63. The number of urea groups is 1. The van der Waals surface area contributed by atoms with Gasteiger partial charge in [-0.1, -0.05) is 63.2 Å². The maximum absolute atomic E-state index is 13.8. The summed E-state index contributed by atoms with van der Waals surface area (Å²) in [6.45, 7) is 6.28. The number of nitrogens with one attached hydrogen (secondary N) is 1. The predicted octanol–water partition coefficient (Wildman–Crippen LogP) is 4.22. The Labute approximate surface area is 152 Å². The van der Waals surface area contributed by atoms with Crippen LogP contribution in [0.2, 0.25) is 0 Å². The fraction of sp³-hybridized carbons (Fsp3) is 0.238. The summed E-state index contributed by atoms with van der Waals surface area (Å²) in [7, 11) is 0. The van der Waals surface area contributed by atoms with Gasteiger partial charge < -0.3 is 5.32 Å². The van der Waals surface area contributed by atoms with Crippen molar-refractivity contribution in [2.24, 2.45) is 0 Å². The van der Waals surface area contributed by atoms with Crippen LogP contribution in [0.1, 0.15) is 37.5 Å². The van der Waals surface area contributed by atoms with Gasteiger partial charge in [-0.2, -0.15) is 0 Å². The number of carbonyl (C=O) groups is 2. The van der Waals surface area contributed by atoms with E-state index in [4.69, 9.17) is 0 Å². The van der Waals surface area contributed by atoms with E-state index in [1.807, 2.05) is 24.3 Å². The minimum absolute atomic E-state index is 0.0413. The molecule has 0 aliphatic carbocycles. The molecule has 0 atom stereocenters. The summed E-state index contributed by atoms with van der Waals surface area (Å²) < 4.78 is 13.8. The van der Waals surface area contributed by atoms with E-state index in [1.165, 1.54) is 11.6 Å². The van der Waals surface area contributed by atoms with Gasteiger partial charge >= 0.3 is 6.03 Å². The fourth-order valence-electron chi connectivity index (χ4n) is 2.76. The molecule has 134 valence electrons. The van der Waals surface area contributed by atoms with Crippen LogP contribution in [0.4, 0.5) is 9.18 Å². The van der Waals surface area contributed by atoms with Crippen molar-refractivity contribution in [1.29, 1.82) is 0 Å². The third-order valence-electron chi connectivity index (χ3n) is 4.34. The lowest BCUT2D eigenvalue weighted by Gasteiger charge is -2.18. The van der Waals surface area contributed by atoms with Crippen LogP contribution in [-0.4, -0.2) is 16.8 Å². The number of nitrogens with zero attached hydrogens (tertiary/aromatic N) is 1. The molecule has 26 heavy (non-hydrogen) atoms. The van der Waals surface area contributed by atoms with Crippen LogP contribution in [0.3, 0.4) is 0 Å². The van der Waals surface area contributed by atoms with Crippen molar-refractivity contribution >= 4 is 18.0 Å². The second-order valence-corrected chi connectivity index (χ2v) is 7.34. The summed E-state index contributed by atoms with van der Waals surface area (Å²) in [6, 6.07) is 13.4. The lowest BCUT2D eigenvalue weighted by Crippen LogP contribution is -2.30. The van der Waals surface area contributed by atoms with Gasteiger partial charge in [0, 0.05) is 5.56 Å². The fourth-order valence-corrected chi connectivity index (χ4v) is 2.76. The van der Waals surface area contributed by atoms with Crippen LogP contribution in [0.25, 0.3) is 6.08 Å². The van der Waals surface area contributed by atoms with Crippen molar-refractivity contribution in [3.63, 3.8) is 0 Å². The largest absolute Gasteiger partial charge is 0.329 e. The minimum Gasteiger partial charge on any atom is -0.303 e. The van der Waals surface area contributed by atoms with Crippen molar-refractivity contribution in [3.8, 4) is 0 Å². The van der Waals surface area contributed by atoms with E-state index in [9.17, 15) is 14.0 Å². The standard InChI is InChI=1S/C21H21FN2O2/c1-21(2,3)16-10-8-14(9-11-16)12-18-19(25)24(20(26)23-18)13-15-6-4-5-7-17(15)22/h4-12H,13H2,1-3H3,(H,23,26). The summed E-state index contributed by atoms with van der Waals surface area (Å²) >= 11 is 0. The predicted molar refractivity (Wildman–Crippen MR) is 98.6 cm³/mol. The molecule has 0 bridgehead atoms. The molecule has 0 aromatic heterocycles. The SMILES string of the molecule is CC(C)(C)c1ccc(C=C2NC(=O)N(Cc3ccccc3F)C2=O)cc1. The number of hydrogen-bond acceptors (Lipinski definition) is 2. The Balaban J connectivity index is 1.80. The third kappa shape index (κ3) is 3.67. The zero-order valence-electron chi connectivity index (χ0n) is 15.0. The average molecular weight is 352 g/mol. The molecule has 3 amide bonds. The van der Waals surface area contributed by atoms with E-state index in [0.717, 1.165) is 10.5 Å². The maximum atomic E-state index is 13.8. The van der Waals surface area contributed by atoms with Crippen molar-refractivity contribution in [2.45, 2.75) is 32.7 Å². The monoisotopic (exact) mass is 352 g/mol. The number of amides is 3. The summed E-state index contributed by atoms with van der Waals surface area (Å²) in [4.78, 5) is 25.6. The Morgan fingerprint density at radius 3 is 2.31 bits per heavy atom. The highest BCUT2D eigenvalue weighted by molar-refractivity contribution is 6.13. The van der Waals surface area contributed by atoms with E-state index < -0.39 is 17.8 Å². The lowest BCUT2D eigenvalue weighted by atomic mass is 9.87. The highest BCUT2D eigenvalue weighted by Crippen LogP contribution is 2.23. The second-order valence-electron chi connectivity index (χ2n) is 7.34. The molecule has 1 heterocycles. The van der Waals surface area contributed by atoms with Crippen LogP contribution >= 0.6 is 0 Å². The molecule has 1 N–H and O–H groups in total. The van der Waals surface area contributed by atoms with Gasteiger partial charge in [0.25, 0.3) is 5.91 Å². The summed E-state index contributed by atoms with van der Waals surface area (Å²) in [5.41, 5.74) is 2.53. The molecule has 2 aromatic carbocycles. The van der Waals surface area contributed by atoms with E-state index in [-0.39, 0.29) is 17.7 Å². The molecular weight excluding hydrogens is 331 g/mol. The molecular formula is C21H21FN2O2. The van der Waals surface area contributed by atoms with Crippen LogP contribution in [0.15, 0.2) is 54.2 Å². The Morgan fingerprint density at radius 1 is 1.04 bits per heavy atom. The topological polar surface area (TPSA) is 49.4 Å². The minimum atomic E-state index is -0.546. The number of hydrogen-bond donors (Lipinski definition) is 1. The van der Waals surface area contributed by atoms with Gasteiger partial charge in [-0.3, -0.25) is 9.69 Å². The van der Waals surface area contributed by atoms with E-state index in [2.05, 4.69) is 26.1 Å². The maximum Gasteiger partial charge on any atom is 0.329 e. The van der Waals surface area contributed by atoms with Gasteiger partial charge in [0.05, 0.1) is 6.54 Å². The first kappa shape index (κ1) is 17.9. The van der Waals surface area contributed by atoms with Gasteiger partial charge in [0.15, 0.2) is 0 Å². The smallest absolute Gasteiger partial charge is 0.303 e. The molecule has 1 saturated heterocycles. The number of rotatable bonds is 3. The number of benzene rings is 2. The van der Waals surface area contributed by atoms with Crippen molar-refractivity contribution in [2.75, 3.05) is 0 Å². The quantitative estimate of drug-likeness (QED) is 0.664. The van der Waals surface area contributed by atoms with Gasteiger partial charge in [0.2, 0.25) is 0 Å². The first-order valence-electron chi connectivity index (χ1n) is 8.44. The first-order valence-corrected chi connectivity index (χ1v) is 8.44. The molecule has 1 fully saturated rings. The second kappa shape index (κ2) is 6.75. The van der Waals surface area contributed by atoms with Crippen LogP contribution in [-0.2, 0) is 16.8 Å². The molecule has 0 radical (unpaired) electrons. The Hall–Kier alpha value is -2.95. The van der Waals surface area contributed by atoms with Crippen LogP contribution in [0.5, 0.6) is 0 Å². The van der Waals surface area contributed by atoms with Crippen LogP contribution < -0.4 is 5.32 Å². The number of imide groups is 1. The van der Waals surface area contributed by atoms with Gasteiger partial charge in [0.1, 0.15) is 11.5 Å². The molecule has 4 nitrogen and oxygen atoms in total. The highest BCUT2D eigenvalue weighted by atomic mass is 19.1. The van der Waals surface area contributed by atoms with Gasteiger partial charge in [-0.25, -0.2) is 9.18 Å². The third-order valence-corrected chi connectivity index (χ3v) is 4.34. The molecule has 5 heteroatoms. The Bertz CT molecular complexity index is 880. The first-order chi connectivity index (χ1) is 12.3. The Kier molecular flexibility index (Phi) is 4.64. The number of halogens is 1. The van der Waals surface area contributed by atoms with Crippen molar-refractivity contribution < 1.29 is 14.0 Å². The van der Waals surface area contributed by atoms with Crippen molar-refractivity contribution in [3.05, 3.63) is 76.7 Å². The van der Waals surface area contributed by atoms with Crippen molar-refractivity contribution in [1.82, 2.24) is 10.2 Å². The molecule has 3 rings (SSSR count). The normalized spacial score (nSPS) is 16.3. The lowest BCUT2D eigenvalue weighted by molar-refractivity contribution is -0.123. The number of carbonyl (C=O) groups excluding carboxylic acids is 2. The summed E-state index contributed by atoms with van der Waals surface area (Å²) in [5, 5.41) is 2.56. The molecule has 0 saturated carbocycles. The highest BCUT2D eigenvalue weighted by Gasteiger charge is 2.33. The van der Waals surface area contributed by atoms with E-state index in [1.54, 1.807) is 24.3 Å². The van der Waals surface area contributed by atoms with E-state index in [0.29, 0.717) is 5.56 Å². The Morgan fingerprint density at radius 2 is 1.69 bits per heavy atom. The summed E-state index contributed by atoms with van der Waals surface area (Å²) in [5.74, 6) is -0.901. The molecule has 1 aliphatic heterocycles. The molecule has 0 unspecified atom stereocenters. The zero-order chi connectivity index (χ0) is 18.9. The molecule has 2 aromatic rings. The molecule has 0 spiro atoms. The van der Waals surface area contributed by atoms with E-state index >= 15 is 0 Å². The van der Waals surface area contributed by atoms with Gasteiger partial charge in [-0.05, 0) is 28.7 Å². The zero-order valence-corrected chi connectivity index (χ0v) is 15.0.